The zero-order valence-electron chi connectivity index (χ0n) is 18.2. The van der Waals surface area contributed by atoms with Crippen LogP contribution in [-0.2, 0) is 0 Å². The van der Waals surface area contributed by atoms with Gasteiger partial charge in [-0.05, 0) is 56.3 Å². The second-order valence-electron chi connectivity index (χ2n) is 7.58. The maximum atomic E-state index is 5.88. The van der Waals surface area contributed by atoms with Gasteiger partial charge in [-0.2, -0.15) is 9.97 Å². The summed E-state index contributed by atoms with van der Waals surface area (Å²) < 4.78 is 7.87. The lowest BCUT2D eigenvalue weighted by Crippen LogP contribution is -2.06. The number of hydrogen-bond acceptors (Lipinski definition) is 8. The smallest absolute Gasteiger partial charge is 0.233 e. The first kappa shape index (κ1) is 20.4. The number of benzene rings is 2. The Morgan fingerprint density at radius 1 is 0.758 bits per heavy atom. The van der Waals surface area contributed by atoms with Crippen molar-refractivity contribution in [2.45, 2.75) is 19.9 Å². The van der Waals surface area contributed by atoms with Gasteiger partial charge >= 0.3 is 0 Å². The number of hydrogen-bond donors (Lipinski definition) is 2. The molecule has 3 heterocycles. The summed E-state index contributed by atoms with van der Waals surface area (Å²) in [6.07, 6.45) is 5.09. The predicted octanol–water partition coefficient (Wildman–Crippen LogP) is 5.48. The fraction of sp³-hybridized carbons (Fsp3) is 0.125. The maximum Gasteiger partial charge on any atom is 0.233 e. The van der Waals surface area contributed by atoms with Gasteiger partial charge in [0.25, 0.3) is 0 Å². The van der Waals surface area contributed by atoms with Gasteiger partial charge in [0.15, 0.2) is 17.0 Å². The molecule has 5 rings (SSSR count). The Kier molecular flexibility index (Phi) is 5.50. The number of anilines is 4. The van der Waals surface area contributed by atoms with Crippen LogP contribution in [0.25, 0.3) is 11.2 Å². The molecule has 0 saturated carbocycles. The molecular formula is C24H22N8O. The second-order valence-corrected chi connectivity index (χ2v) is 7.58. The Balaban J connectivity index is 1.45. The predicted molar refractivity (Wildman–Crippen MR) is 127 cm³/mol. The molecule has 3 aromatic heterocycles. The molecule has 0 aliphatic heterocycles. The molecule has 0 atom stereocenters. The van der Waals surface area contributed by atoms with Crippen molar-refractivity contribution < 1.29 is 4.74 Å². The van der Waals surface area contributed by atoms with Crippen LogP contribution in [0.3, 0.4) is 0 Å². The van der Waals surface area contributed by atoms with Gasteiger partial charge in [0, 0.05) is 24.1 Å². The number of imidazole rings is 1. The molecule has 0 fully saturated rings. The molecule has 0 radical (unpaired) electrons. The minimum Gasteiger partial charge on any atom is -0.457 e. The SMILES string of the molecule is CC(C)n1cnc2c(Nc3ccc(Oc4ccccc4)cc3)nc(Nc3ncccn3)nc21. The van der Waals surface area contributed by atoms with Crippen molar-refractivity contribution in [2.24, 2.45) is 0 Å². The van der Waals surface area contributed by atoms with Crippen molar-refractivity contribution in [1.29, 1.82) is 0 Å². The van der Waals surface area contributed by atoms with Crippen molar-refractivity contribution >= 4 is 34.6 Å². The van der Waals surface area contributed by atoms with Gasteiger partial charge < -0.3 is 14.6 Å². The molecule has 0 aliphatic rings. The molecule has 9 nitrogen and oxygen atoms in total. The Labute approximate surface area is 190 Å². The van der Waals surface area contributed by atoms with E-state index in [0.29, 0.717) is 28.9 Å². The molecule has 0 aliphatic carbocycles. The minimum atomic E-state index is 0.188. The van der Waals surface area contributed by atoms with Gasteiger partial charge in [-0.1, -0.05) is 18.2 Å². The summed E-state index contributed by atoms with van der Waals surface area (Å²) in [5, 5.41) is 6.42. The van der Waals surface area contributed by atoms with E-state index < -0.39 is 0 Å². The zero-order chi connectivity index (χ0) is 22.6. The lowest BCUT2D eigenvalue weighted by molar-refractivity contribution is 0.483. The molecular weight excluding hydrogens is 416 g/mol. The molecule has 0 amide bonds. The lowest BCUT2D eigenvalue weighted by atomic mass is 10.3. The summed E-state index contributed by atoms with van der Waals surface area (Å²) >= 11 is 0. The molecule has 9 heteroatoms. The van der Waals surface area contributed by atoms with Crippen LogP contribution in [0.5, 0.6) is 11.5 Å². The summed E-state index contributed by atoms with van der Waals surface area (Å²) in [7, 11) is 0. The fourth-order valence-corrected chi connectivity index (χ4v) is 3.27. The molecule has 2 aromatic carbocycles. The van der Waals surface area contributed by atoms with Gasteiger partial charge in [0.2, 0.25) is 11.9 Å². The standard InChI is InChI=1S/C24H22N8O/c1-16(2)32-15-27-20-21(29-24(30-22(20)32)31-23-25-13-6-14-26-23)28-17-9-11-19(12-10-17)33-18-7-4-3-5-8-18/h3-16H,1-2H3,(H2,25,26,28,29,30,31). The number of nitrogens with one attached hydrogen (secondary N) is 2. The molecule has 2 N–H and O–H groups in total. The van der Waals surface area contributed by atoms with E-state index in [1.54, 1.807) is 24.8 Å². The average Bonchev–Trinajstić information content (AvgIpc) is 3.26. The first-order valence-electron chi connectivity index (χ1n) is 10.5. The number of nitrogens with zero attached hydrogens (tertiary/aromatic N) is 6. The van der Waals surface area contributed by atoms with E-state index in [1.165, 1.54) is 0 Å². The number of rotatable bonds is 7. The molecule has 164 valence electrons. The van der Waals surface area contributed by atoms with Crippen LogP contribution >= 0.6 is 0 Å². The number of aromatic nitrogens is 6. The van der Waals surface area contributed by atoms with E-state index in [2.05, 4.69) is 49.4 Å². The van der Waals surface area contributed by atoms with Crippen LogP contribution in [0.4, 0.5) is 23.4 Å². The Bertz CT molecular complexity index is 1350. The van der Waals surface area contributed by atoms with Gasteiger partial charge in [-0.15, -0.1) is 0 Å². The van der Waals surface area contributed by atoms with E-state index >= 15 is 0 Å². The third-order valence-electron chi connectivity index (χ3n) is 4.86. The highest BCUT2D eigenvalue weighted by Crippen LogP contribution is 2.28. The van der Waals surface area contributed by atoms with E-state index in [4.69, 9.17) is 4.74 Å². The summed E-state index contributed by atoms with van der Waals surface area (Å²) in [5.41, 5.74) is 2.23. The molecule has 5 aromatic rings. The third-order valence-corrected chi connectivity index (χ3v) is 4.86. The van der Waals surface area contributed by atoms with Crippen LogP contribution in [0, 0.1) is 0 Å². The maximum absolute atomic E-state index is 5.88. The highest BCUT2D eigenvalue weighted by molar-refractivity contribution is 5.87. The molecule has 0 bridgehead atoms. The van der Waals surface area contributed by atoms with Crippen LogP contribution < -0.4 is 15.4 Å². The van der Waals surface area contributed by atoms with E-state index in [0.717, 1.165) is 17.2 Å². The first-order valence-corrected chi connectivity index (χ1v) is 10.5. The zero-order valence-corrected chi connectivity index (χ0v) is 18.2. The summed E-state index contributed by atoms with van der Waals surface area (Å²) in [6, 6.07) is 19.3. The van der Waals surface area contributed by atoms with Crippen molar-refractivity contribution in [3.8, 4) is 11.5 Å². The van der Waals surface area contributed by atoms with E-state index in [-0.39, 0.29) is 6.04 Å². The van der Waals surface area contributed by atoms with Gasteiger partial charge in [0.05, 0.1) is 6.33 Å². The van der Waals surface area contributed by atoms with Gasteiger partial charge in [-0.3, -0.25) is 5.32 Å². The highest BCUT2D eigenvalue weighted by atomic mass is 16.5. The third kappa shape index (κ3) is 4.57. The normalized spacial score (nSPS) is 11.0. The fourth-order valence-electron chi connectivity index (χ4n) is 3.27. The highest BCUT2D eigenvalue weighted by Gasteiger charge is 2.16. The topological polar surface area (TPSA) is 103 Å². The number of ether oxygens (including phenoxy) is 1. The van der Waals surface area contributed by atoms with Crippen molar-refractivity contribution in [3.63, 3.8) is 0 Å². The summed E-state index contributed by atoms with van der Waals surface area (Å²) in [4.78, 5) is 22.2. The largest absolute Gasteiger partial charge is 0.457 e. The Morgan fingerprint density at radius 2 is 1.48 bits per heavy atom. The molecule has 33 heavy (non-hydrogen) atoms. The van der Waals surface area contributed by atoms with Crippen LogP contribution in [0.15, 0.2) is 79.4 Å². The van der Waals surface area contributed by atoms with Crippen LogP contribution in [-0.4, -0.2) is 29.5 Å². The Morgan fingerprint density at radius 3 is 2.21 bits per heavy atom. The van der Waals surface area contributed by atoms with Crippen LogP contribution in [0.1, 0.15) is 19.9 Å². The molecule has 0 unspecified atom stereocenters. The number of fused-ring (bicyclic) bond motifs is 1. The second kappa shape index (κ2) is 8.91. The van der Waals surface area contributed by atoms with Crippen molar-refractivity contribution in [2.75, 3.05) is 10.6 Å². The van der Waals surface area contributed by atoms with Crippen molar-refractivity contribution in [1.82, 2.24) is 29.5 Å². The van der Waals surface area contributed by atoms with Crippen molar-refractivity contribution in [3.05, 3.63) is 79.4 Å². The van der Waals surface area contributed by atoms with E-state index in [1.807, 2.05) is 59.2 Å². The van der Waals surface area contributed by atoms with Gasteiger partial charge in [-0.25, -0.2) is 15.0 Å². The van der Waals surface area contributed by atoms with Gasteiger partial charge in [0.1, 0.15) is 11.5 Å². The Hall–Kier alpha value is -4.53. The summed E-state index contributed by atoms with van der Waals surface area (Å²) in [5.74, 6) is 2.90. The quantitative estimate of drug-likeness (QED) is 0.344. The van der Waals surface area contributed by atoms with Crippen LogP contribution in [0.2, 0.25) is 0 Å². The molecule has 0 saturated heterocycles. The summed E-state index contributed by atoms with van der Waals surface area (Å²) in [6.45, 7) is 4.16. The molecule has 0 spiro atoms. The van der Waals surface area contributed by atoms with E-state index in [9.17, 15) is 0 Å². The number of para-hydroxylation sites is 1. The average molecular weight is 438 g/mol. The minimum absolute atomic E-state index is 0.188. The first-order chi connectivity index (χ1) is 16.2. The monoisotopic (exact) mass is 438 g/mol. The lowest BCUT2D eigenvalue weighted by Gasteiger charge is -2.12.